The van der Waals surface area contributed by atoms with Gasteiger partial charge in [-0.05, 0) is 24.3 Å². The van der Waals surface area contributed by atoms with Crippen molar-refractivity contribution in [3.8, 4) is 17.6 Å². The van der Waals surface area contributed by atoms with Gasteiger partial charge in [-0.25, -0.2) is 12.8 Å². The van der Waals surface area contributed by atoms with Crippen molar-refractivity contribution in [3.05, 3.63) is 53.6 Å². The molecule has 0 radical (unpaired) electrons. The average Bonchev–Trinajstić information content (AvgIpc) is 2.47. The number of pyridine rings is 1. The van der Waals surface area contributed by atoms with Gasteiger partial charge >= 0.3 is 0 Å². The summed E-state index contributed by atoms with van der Waals surface area (Å²) in [6.07, 6.45) is 4.07. The van der Waals surface area contributed by atoms with E-state index in [0.717, 1.165) is 12.3 Å². The number of benzene rings is 1. The van der Waals surface area contributed by atoms with Crippen LogP contribution in [0.5, 0.6) is 5.75 Å². The summed E-state index contributed by atoms with van der Waals surface area (Å²) in [4.78, 5) is 3.97. The lowest BCUT2D eigenvalue weighted by Crippen LogP contribution is -2.10. The molecule has 0 aliphatic rings. The molecular formula is C15H13FN2O3S. The highest BCUT2D eigenvalue weighted by atomic mass is 32.2. The van der Waals surface area contributed by atoms with Crippen molar-refractivity contribution in [2.45, 2.75) is 0 Å². The monoisotopic (exact) mass is 320 g/mol. The number of sulfonamides is 1. The fourth-order valence-electron chi connectivity index (χ4n) is 1.62. The minimum absolute atomic E-state index is 0.141. The van der Waals surface area contributed by atoms with Gasteiger partial charge in [0.15, 0.2) is 0 Å². The summed E-state index contributed by atoms with van der Waals surface area (Å²) in [5.74, 6) is 5.58. The molecule has 0 aliphatic heterocycles. The largest absolute Gasteiger partial charge is 0.495 e. The molecule has 0 unspecified atom stereocenters. The van der Waals surface area contributed by atoms with Gasteiger partial charge in [0.05, 0.1) is 25.2 Å². The van der Waals surface area contributed by atoms with Gasteiger partial charge in [-0.15, -0.1) is 0 Å². The smallest absolute Gasteiger partial charge is 0.229 e. The van der Waals surface area contributed by atoms with E-state index in [2.05, 4.69) is 21.5 Å². The first kappa shape index (κ1) is 15.8. The molecule has 0 spiro atoms. The summed E-state index contributed by atoms with van der Waals surface area (Å²) in [7, 11) is -2.03. The lowest BCUT2D eigenvalue weighted by atomic mass is 10.2. The number of rotatable bonds is 3. The molecule has 0 saturated carbocycles. The first-order valence-electron chi connectivity index (χ1n) is 6.16. The van der Waals surface area contributed by atoms with Crippen LogP contribution in [0.25, 0.3) is 0 Å². The van der Waals surface area contributed by atoms with Gasteiger partial charge in [0.25, 0.3) is 0 Å². The van der Waals surface area contributed by atoms with E-state index in [1.807, 2.05) is 0 Å². The third kappa shape index (κ3) is 4.46. The Balaban J connectivity index is 2.31. The van der Waals surface area contributed by atoms with Gasteiger partial charge in [-0.1, -0.05) is 11.8 Å². The molecule has 2 aromatic rings. The third-order valence-corrected chi connectivity index (χ3v) is 3.15. The zero-order valence-electron chi connectivity index (χ0n) is 11.9. The molecule has 1 aromatic carbocycles. The lowest BCUT2D eigenvalue weighted by Gasteiger charge is -2.05. The van der Waals surface area contributed by atoms with E-state index in [1.54, 1.807) is 18.5 Å². The second-order valence-corrected chi connectivity index (χ2v) is 6.18. The van der Waals surface area contributed by atoms with E-state index in [4.69, 9.17) is 4.74 Å². The Labute approximate surface area is 128 Å². The number of methoxy groups -OCH3 is 1. The maximum absolute atomic E-state index is 13.6. The van der Waals surface area contributed by atoms with E-state index in [0.29, 0.717) is 16.9 Å². The number of aromatic nitrogens is 1. The molecule has 5 nitrogen and oxygen atoms in total. The van der Waals surface area contributed by atoms with Gasteiger partial charge in [0, 0.05) is 17.3 Å². The Hall–Kier alpha value is -2.59. The molecule has 1 aromatic heterocycles. The van der Waals surface area contributed by atoms with Crippen molar-refractivity contribution in [3.63, 3.8) is 0 Å². The molecule has 7 heteroatoms. The number of hydrogen-bond acceptors (Lipinski definition) is 4. The van der Waals surface area contributed by atoms with Crippen LogP contribution in [0.1, 0.15) is 11.1 Å². The summed E-state index contributed by atoms with van der Waals surface area (Å²) >= 11 is 0. The molecule has 0 atom stereocenters. The van der Waals surface area contributed by atoms with Crippen molar-refractivity contribution >= 4 is 15.7 Å². The first-order chi connectivity index (χ1) is 10.4. The number of ether oxygens (including phenoxy) is 1. The molecular weight excluding hydrogens is 307 g/mol. The van der Waals surface area contributed by atoms with E-state index in [9.17, 15) is 12.8 Å². The highest BCUT2D eigenvalue weighted by Crippen LogP contribution is 2.17. The zero-order chi connectivity index (χ0) is 16.2. The molecule has 0 saturated heterocycles. The van der Waals surface area contributed by atoms with Gasteiger partial charge in [-0.3, -0.25) is 9.71 Å². The highest BCUT2D eigenvalue weighted by molar-refractivity contribution is 7.92. The Morgan fingerprint density at radius 3 is 2.59 bits per heavy atom. The summed E-state index contributed by atoms with van der Waals surface area (Å²) in [6, 6.07) is 5.65. The fourth-order valence-corrected chi connectivity index (χ4v) is 2.18. The molecule has 2 rings (SSSR count). The van der Waals surface area contributed by atoms with Crippen LogP contribution >= 0.6 is 0 Å². The molecule has 1 heterocycles. The minimum atomic E-state index is -3.56. The predicted octanol–water partition coefficient (Wildman–Crippen LogP) is 2.00. The van der Waals surface area contributed by atoms with Crippen molar-refractivity contribution < 1.29 is 17.5 Å². The van der Waals surface area contributed by atoms with Crippen LogP contribution in [0.4, 0.5) is 10.1 Å². The first-order valence-corrected chi connectivity index (χ1v) is 8.05. The van der Waals surface area contributed by atoms with Crippen LogP contribution in [0, 0.1) is 17.7 Å². The van der Waals surface area contributed by atoms with Crippen molar-refractivity contribution in [2.75, 3.05) is 18.1 Å². The number of nitrogens with one attached hydrogen (secondary N) is 1. The summed E-state index contributed by atoms with van der Waals surface area (Å²) in [6.45, 7) is 0. The van der Waals surface area contributed by atoms with Crippen LogP contribution < -0.4 is 9.46 Å². The van der Waals surface area contributed by atoms with Gasteiger partial charge in [0.2, 0.25) is 10.0 Å². The molecule has 0 bridgehead atoms. The van der Waals surface area contributed by atoms with E-state index >= 15 is 0 Å². The van der Waals surface area contributed by atoms with E-state index < -0.39 is 15.8 Å². The fraction of sp³-hybridized carbons (Fsp3) is 0.133. The summed E-state index contributed by atoms with van der Waals surface area (Å²) < 4.78 is 43.1. The SMILES string of the molecule is COc1cncc(C#Cc2ccc(F)c(NS(C)(=O)=O)c2)c1. The maximum Gasteiger partial charge on any atom is 0.229 e. The predicted molar refractivity (Wildman–Crippen MR) is 81.6 cm³/mol. The molecule has 1 N–H and O–H groups in total. The lowest BCUT2D eigenvalue weighted by molar-refractivity contribution is 0.413. The van der Waals surface area contributed by atoms with Gasteiger partial charge in [-0.2, -0.15) is 0 Å². The Kier molecular flexibility index (Phi) is 4.63. The quantitative estimate of drug-likeness (QED) is 0.878. The molecule has 0 aliphatic carbocycles. The Morgan fingerprint density at radius 2 is 1.91 bits per heavy atom. The zero-order valence-corrected chi connectivity index (χ0v) is 12.7. The highest BCUT2D eigenvalue weighted by Gasteiger charge is 2.07. The topological polar surface area (TPSA) is 68.3 Å². The van der Waals surface area contributed by atoms with Crippen LogP contribution in [-0.2, 0) is 10.0 Å². The summed E-state index contributed by atoms with van der Waals surface area (Å²) in [5.41, 5.74) is 0.953. The van der Waals surface area contributed by atoms with Crippen molar-refractivity contribution in [1.82, 2.24) is 4.98 Å². The van der Waals surface area contributed by atoms with E-state index in [1.165, 1.54) is 19.2 Å². The second kappa shape index (κ2) is 6.45. The molecule has 22 heavy (non-hydrogen) atoms. The van der Waals surface area contributed by atoms with Crippen LogP contribution in [0.3, 0.4) is 0 Å². The standard InChI is InChI=1S/C15H13FN2O3S/c1-21-13-7-12(9-17-10-13)4-3-11-5-6-14(16)15(8-11)18-22(2,19)20/h5-10,18H,1-2H3. The molecule has 0 fully saturated rings. The normalized spacial score (nSPS) is 10.5. The third-order valence-electron chi connectivity index (χ3n) is 2.56. The second-order valence-electron chi connectivity index (χ2n) is 4.43. The summed E-state index contributed by atoms with van der Waals surface area (Å²) in [5, 5.41) is 0. The maximum atomic E-state index is 13.6. The molecule has 114 valence electrons. The van der Waals surface area contributed by atoms with Crippen molar-refractivity contribution in [1.29, 1.82) is 0 Å². The molecule has 0 amide bonds. The number of hydrogen-bond donors (Lipinski definition) is 1. The number of halogens is 1. The van der Waals surface area contributed by atoms with Crippen LogP contribution in [0.15, 0.2) is 36.7 Å². The van der Waals surface area contributed by atoms with Crippen LogP contribution in [0.2, 0.25) is 0 Å². The van der Waals surface area contributed by atoms with Crippen molar-refractivity contribution in [2.24, 2.45) is 0 Å². The minimum Gasteiger partial charge on any atom is -0.495 e. The average molecular weight is 320 g/mol. The van der Waals surface area contributed by atoms with Gasteiger partial charge in [0.1, 0.15) is 11.6 Å². The Morgan fingerprint density at radius 1 is 1.18 bits per heavy atom. The van der Waals surface area contributed by atoms with E-state index in [-0.39, 0.29) is 5.69 Å². The number of nitrogens with zero attached hydrogens (tertiary/aromatic N) is 1. The van der Waals surface area contributed by atoms with Crippen LogP contribution in [-0.4, -0.2) is 26.8 Å². The Bertz CT molecular complexity index is 855. The number of anilines is 1. The van der Waals surface area contributed by atoms with Gasteiger partial charge < -0.3 is 4.74 Å².